The maximum atomic E-state index is 13.3. The van der Waals surface area contributed by atoms with Gasteiger partial charge >= 0.3 is 0 Å². The fourth-order valence-corrected chi connectivity index (χ4v) is 5.54. The first-order chi connectivity index (χ1) is 16.8. The number of amides is 4. The zero-order valence-corrected chi connectivity index (χ0v) is 20.1. The highest BCUT2D eigenvalue weighted by molar-refractivity contribution is 6.10. The van der Waals surface area contributed by atoms with Crippen LogP contribution in [0.5, 0.6) is 0 Å². The summed E-state index contributed by atoms with van der Waals surface area (Å²) < 4.78 is 5.26. The van der Waals surface area contributed by atoms with E-state index in [0.717, 1.165) is 5.56 Å². The number of aryl methyl sites for hydroxylation is 1. The van der Waals surface area contributed by atoms with Crippen LogP contribution >= 0.6 is 0 Å². The largest absolute Gasteiger partial charge is 0.459 e. The van der Waals surface area contributed by atoms with Gasteiger partial charge in [-0.25, -0.2) is 0 Å². The minimum Gasteiger partial charge on any atom is -0.459 e. The van der Waals surface area contributed by atoms with Crippen LogP contribution in [0.25, 0.3) is 0 Å². The fraction of sp³-hybridized carbons (Fsp3) is 0.462. The molecule has 4 heterocycles. The summed E-state index contributed by atoms with van der Waals surface area (Å²) in [5.41, 5.74) is 1.18. The molecule has 9 nitrogen and oxygen atoms in total. The number of likely N-dealkylation sites (tertiary alicyclic amines) is 1. The number of hydrogen-bond acceptors (Lipinski definition) is 5. The Bertz CT molecular complexity index is 1180. The zero-order valence-electron chi connectivity index (χ0n) is 20.1. The lowest BCUT2D eigenvalue weighted by Gasteiger charge is -2.48. The van der Waals surface area contributed by atoms with Gasteiger partial charge in [0.05, 0.1) is 17.5 Å². The van der Waals surface area contributed by atoms with Crippen molar-refractivity contribution in [3.05, 3.63) is 53.5 Å². The Morgan fingerprint density at radius 3 is 2.60 bits per heavy atom. The van der Waals surface area contributed by atoms with Crippen LogP contribution in [0.1, 0.15) is 65.5 Å². The van der Waals surface area contributed by atoms with Crippen molar-refractivity contribution in [1.29, 1.82) is 0 Å². The van der Waals surface area contributed by atoms with E-state index >= 15 is 0 Å². The topological polar surface area (TPSA) is 103 Å². The van der Waals surface area contributed by atoms with Gasteiger partial charge in [-0.15, -0.1) is 0 Å². The van der Waals surface area contributed by atoms with Gasteiger partial charge in [-0.2, -0.15) is 0 Å². The molecular formula is C26H30N4O5. The van der Waals surface area contributed by atoms with E-state index in [2.05, 4.69) is 5.32 Å². The molecule has 1 aromatic heterocycles. The number of carbonyl (C=O) groups excluding carboxylic acids is 4. The molecule has 0 aliphatic carbocycles. The normalized spacial score (nSPS) is 22.3. The van der Waals surface area contributed by atoms with E-state index in [1.165, 1.54) is 6.26 Å². The Labute approximate surface area is 204 Å². The van der Waals surface area contributed by atoms with Crippen LogP contribution in [-0.4, -0.2) is 64.8 Å². The molecule has 0 bridgehead atoms. The quantitative estimate of drug-likeness (QED) is 0.712. The average Bonchev–Trinajstić information content (AvgIpc) is 3.42. The second kappa shape index (κ2) is 8.87. The Hall–Kier alpha value is -3.62. The third-order valence-electron chi connectivity index (χ3n) is 7.55. The maximum Gasteiger partial charge on any atom is 0.287 e. The van der Waals surface area contributed by atoms with Gasteiger partial charge in [-0.3, -0.25) is 24.1 Å². The average molecular weight is 479 g/mol. The van der Waals surface area contributed by atoms with E-state index in [1.807, 2.05) is 26.0 Å². The third kappa shape index (κ3) is 3.98. The van der Waals surface area contributed by atoms with Crippen LogP contribution in [0, 0.1) is 6.92 Å². The molecule has 0 radical (unpaired) electrons. The standard InChI is InChI=1S/C26H30N4O5/c1-17-11-16-35-23(17)24(33)27-18-8-13-28(14-9-18)21(31)10-15-29-25(34)19-5-3-4-6-20(19)30-22(32)7-12-26(29,30)2/h3-6,11,16,18H,7-10,12-15H2,1-2H3,(H,27,33). The number of nitrogens with zero attached hydrogens (tertiary/aromatic N) is 3. The van der Waals surface area contributed by atoms with Crippen molar-refractivity contribution in [2.75, 3.05) is 24.5 Å². The van der Waals surface area contributed by atoms with Crippen molar-refractivity contribution in [2.24, 2.45) is 0 Å². The number of rotatable bonds is 5. The third-order valence-corrected chi connectivity index (χ3v) is 7.55. The first-order valence-electron chi connectivity index (χ1n) is 12.2. The summed E-state index contributed by atoms with van der Waals surface area (Å²) in [7, 11) is 0. The molecule has 4 amide bonds. The van der Waals surface area contributed by atoms with Gasteiger partial charge in [0, 0.05) is 44.1 Å². The molecule has 1 atom stereocenters. The van der Waals surface area contributed by atoms with Crippen LogP contribution in [0.4, 0.5) is 5.69 Å². The molecule has 3 aliphatic rings. The van der Waals surface area contributed by atoms with E-state index in [-0.39, 0.29) is 42.6 Å². The molecule has 9 heteroatoms. The molecule has 2 fully saturated rings. The van der Waals surface area contributed by atoms with E-state index in [0.29, 0.717) is 55.8 Å². The zero-order chi connectivity index (χ0) is 24.7. The van der Waals surface area contributed by atoms with Crippen molar-refractivity contribution in [3.63, 3.8) is 0 Å². The predicted octanol–water partition coefficient (Wildman–Crippen LogP) is 2.70. The molecule has 1 unspecified atom stereocenters. The van der Waals surface area contributed by atoms with Crippen molar-refractivity contribution < 1.29 is 23.6 Å². The summed E-state index contributed by atoms with van der Waals surface area (Å²) in [4.78, 5) is 56.7. The molecule has 2 aromatic rings. The number of nitrogens with one attached hydrogen (secondary N) is 1. The van der Waals surface area contributed by atoms with Gasteiger partial charge in [0.15, 0.2) is 5.76 Å². The van der Waals surface area contributed by atoms with Crippen molar-refractivity contribution >= 4 is 29.3 Å². The number of anilines is 1. The van der Waals surface area contributed by atoms with Gasteiger partial charge in [-0.05, 0) is 51.3 Å². The van der Waals surface area contributed by atoms with Crippen LogP contribution < -0.4 is 10.2 Å². The first-order valence-corrected chi connectivity index (χ1v) is 12.2. The lowest BCUT2D eigenvalue weighted by atomic mass is 9.98. The van der Waals surface area contributed by atoms with Crippen molar-refractivity contribution in [1.82, 2.24) is 15.1 Å². The number of benzene rings is 1. The number of carbonyl (C=O) groups is 4. The van der Waals surface area contributed by atoms with Gasteiger partial charge in [0.1, 0.15) is 5.66 Å². The van der Waals surface area contributed by atoms with E-state index in [9.17, 15) is 19.2 Å². The summed E-state index contributed by atoms with van der Waals surface area (Å²) in [5.74, 6) is -0.0776. The van der Waals surface area contributed by atoms with E-state index in [4.69, 9.17) is 4.42 Å². The van der Waals surface area contributed by atoms with Gasteiger partial charge < -0.3 is 19.5 Å². The minimum absolute atomic E-state index is 0.00219. The number of piperidine rings is 1. The van der Waals surface area contributed by atoms with Gasteiger partial charge in [0.2, 0.25) is 11.8 Å². The van der Waals surface area contributed by atoms with Gasteiger partial charge in [0.25, 0.3) is 11.8 Å². The molecule has 1 N–H and O–H groups in total. The molecule has 5 rings (SSSR count). The van der Waals surface area contributed by atoms with E-state index < -0.39 is 5.66 Å². The van der Waals surface area contributed by atoms with Crippen LogP contribution in [0.2, 0.25) is 0 Å². The van der Waals surface area contributed by atoms with Crippen molar-refractivity contribution in [2.45, 2.75) is 57.7 Å². The molecular weight excluding hydrogens is 448 g/mol. The Kier molecular flexibility index (Phi) is 5.86. The monoisotopic (exact) mass is 478 g/mol. The second-order valence-corrected chi connectivity index (χ2v) is 9.73. The summed E-state index contributed by atoms with van der Waals surface area (Å²) in [5, 5.41) is 2.99. The first kappa shape index (κ1) is 23.1. The van der Waals surface area contributed by atoms with Crippen LogP contribution in [0.15, 0.2) is 41.0 Å². The fourth-order valence-electron chi connectivity index (χ4n) is 5.54. The highest BCUT2D eigenvalue weighted by Gasteiger charge is 2.52. The summed E-state index contributed by atoms with van der Waals surface area (Å²) in [6.45, 7) is 5.07. The molecule has 2 saturated heterocycles. The summed E-state index contributed by atoms with van der Waals surface area (Å²) in [6.07, 6.45) is 3.92. The van der Waals surface area contributed by atoms with Gasteiger partial charge in [-0.1, -0.05) is 12.1 Å². The minimum atomic E-state index is -0.760. The maximum absolute atomic E-state index is 13.3. The predicted molar refractivity (Wildman–Crippen MR) is 128 cm³/mol. The number of fused-ring (bicyclic) bond motifs is 3. The van der Waals surface area contributed by atoms with E-state index in [1.54, 1.807) is 32.9 Å². The smallest absolute Gasteiger partial charge is 0.287 e. The second-order valence-electron chi connectivity index (χ2n) is 9.73. The lowest BCUT2D eigenvalue weighted by molar-refractivity contribution is -0.132. The Morgan fingerprint density at radius 2 is 1.89 bits per heavy atom. The number of hydrogen-bond donors (Lipinski definition) is 1. The molecule has 1 aromatic carbocycles. The molecule has 3 aliphatic heterocycles. The number of para-hydroxylation sites is 1. The molecule has 184 valence electrons. The highest BCUT2D eigenvalue weighted by Crippen LogP contribution is 2.44. The Morgan fingerprint density at radius 1 is 1.14 bits per heavy atom. The molecule has 0 saturated carbocycles. The SMILES string of the molecule is Cc1ccoc1C(=O)NC1CCN(C(=O)CCN2C(=O)c3ccccc3N3C(=O)CCC23C)CC1. The Balaban J connectivity index is 1.19. The molecule has 35 heavy (non-hydrogen) atoms. The highest BCUT2D eigenvalue weighted by atomic mass is 16.3. The summed E-state index contributed by atoms with van der Waals surface area (Å²) in [6, 6.07) is 8.91. The summed E-state index contributed by atoms with van der Waals surface area (Å²) >= 11 is 0. The number of furan rings is 1. The van der Waals surface area contributed by atoms with Crippen molar-refractivity contribution in [3.8, 4) is 0 Å². The molecule has 0 spiro atoms. The van der Waals surface area contributed by atoms with Crippen LogP contribution in [-0.2, 0) is 9.59 Å². The lowest BCUT2D eigenvalue weighted by Crippen LogP contribution is -2.62. The van der Waals surface area contributed by atoms with Crippen LogP contribution in [0.3, 0.4) is 0 Å².